The Bertz CT molecular complexity index is 145. The molecule has 0 aliphatic rings. The quantitative estimate of drug-likeness (QED) is 0.361. The van der Waals surface area contributed by atoms with Gasteiger partial charge in [-0.2, -0.15) is 0 Å². The van der Waals surface area contributed by atoms with Gasteiger partial charge in [0.25, 0.3) is 0 Å². The van der Waals surface area contributed by atoms with Crippen molar-refractivity contribution in [1.82, 2.24) is 4.90 Å². The third-order valence-electron chi connectivity index (χ3n) is 4.01. The zero-order valence-electron chi connectivity index (χ0n) is 13.9. The average molecular weight is 336 g/mol. The monoisotopic (exact) mass is 335 g/mol. The maximum atomic E-state index is 2.44. The van der Waals surface area contributed by atoms with Gasteiger partial charge in [0, 0.05) is 6.04 Å². The van der Waals surface area contributed by atoms with E-state index in [4.69, 9.17) is 0 Å². The molecule has 0 heterocycles. The Hall–Kier alpha value is 0.440. The predicted molar refractivity (Wildman–Crippen MR) is 94.5 cm³/mol. The summed E-state index contributed by atoms with van der Waals surface area (Å²) in [7, 11) is 4.51. The van der Waals surface area contributed by atoms with Crippen LogP contribution in [0, 0.1) is 0 Å². The fourth-order valence-corrected chi connectivity index (χ4v) is 2.63. The summed E-state index contributed by atoms with van der Waals surface area (Å²) >= 11 is 0. The third-order valence-corrected chi connectivity index (χ3v) is 4.01. The molecule has 0 rings (SSSR count). The highest BCUT2D eigenvalue weighted by molar-refractivity contribution is 8.93. The average Bonchev–Trinajstić information content (AvgIpc) is 2.35. The first kappa shape index (κ1) is 21.7. The fraction of sp³-hybridized carbons (Fsp3) is 1.00. The number of unbranched alkanes of at least 4 members (excludes halogenated alkanes) is 8. The van der Waals surface area contributed by atoms with Gasteiger partial charge in [0.1, 0.15) is 0 Å². The molecule has 2 heteroatoms. The zero-order chi connectivity index (χ0) is 13.6. The molecule has 0 aromatic heterocycles. The maximum Gasteiger partial charge on any atom is 0.00891 e. The molecule has 0 saturated carbocycles. The van der Waals surface area contributed by atoms with Crippen LogP contribution < -0.4 is 0 Å². The molecule has 0 aliphatic carbocycles. The van der Waals surface area contributed by atoms with Gasteiger partial charge in [0.05, 0.1) is 0 Å². The van der Waals surface area contributed by atoms with Gasteiger partial charge in [0.2, 0.25) is 0 Å². The Morgan fingerprint density at radius 2 is 1.00 bits per heavy atom. The summed E-state index contributed by atoms with van der Waals surface area (Å²) in [6, 6.07) is 0.827. The smallest absolute Gasteiger partial charge is 0.00891 e. The van der Waals surface area contributed by atoms with Crippen LogP contribution in [0.5, 0.6) is 0 Å². The molecule has 1 nitrogen and oxygen atoms in total. The Morgan fingerprint density at radius 3 is 1.32 bits per heavy atom. The standard InChI is InChI=1S/C17H37N.BrH/c1-5-7-9-11-13-15-17(18(3)4)16-14-12-10-8-6-2;/h17H,5-16H2,1-4H3;1H. The first-order valence-electron chi connectivity index (χ1n) is 8.38. The van der Waals surface area contributed by atoms with E-state index < -0.39 is 0 Å². The lowest BCUT2D eigenvalue weighted by molar-refractivity contribution is 0.251. The van der Waals surface area contributed by atoms with E-state index in [1.165, 1.54) is 77.0 Å². The Balaban J connectivity index is 0. The van der Waals surface area contributed by atoms with Crippen LogP contribution in [0.25, 0.3) is 0 Å². The van der Waals surface area contributed by atoms with E-state index in [9.17, 15) is 0 Å². The molecule has 0 fully saturated rings. The molecule has 0 unspecified atom stereocenters. The third kappa shape index (κ3) is 14.7. The second-order valence-corrected chi connectivity index (χ2v) is 6.02. The van der Waals surface area contributed by atoms with Crippen molar-refractivity contribution < 1.29 is 0 Å². The van der Waals surface area contributed by atoms with E-state index in [1.54, 1.807) is 0 Å². The summed E-state index contributed by atoms with van der Waals surface area (Å²) in [5.41, 5.74) is 0. The number of rotatable bonds is 13. The van der Waals surface area contributed by atoms with Gasteiger partial charge in [-0.15, -0.1) is 17.0 Å². The summed E-state index contributed by atoms with van der Waals surface area (Å²) < 4.78 is 0. The van der Waals surface area contributed by atoms with E-state index >= 15 is 0 Å². The van der Waals surface area contributed by atoms with Crippen molar-refractivity contribution in [1.29, 1.82) is 0 Å². The van der Waals surface area contributed by atoms with Gasteiger partial charge < -0.3 is 4.90 Å². The normalized spacial score (nSPS) is 11.1. The largest absolute Gasteiger partial charge is 0.306 e. The molecule has 0 radical (unpaired) electrons. The molecular formula is C17H38BrN. The van der Waals surface area contributed by atoms with Crippen LogP contribution in [0.4, 0.5) is 0 Å². The van der Waals surface area contributed by atoms with Gasteiger partial charge in [-0.3, -0.25) is 0 Å². The van der Waals surface area contributed by atoms with Crippen molar-refractivity contribution in [3.05, 3.63) is 0 Å². The number of hydrogen-bond donors (Lipinski definition) is 0. The van der Waals surface area contributed by atoms with E-state index in [0.717, 1.165) is 6.04 Å². The predicted octanol–water partition coefficient (Wildman–Crippen LogP) is 6.22. The van der Waals surface area contributed by atoms with Crippen LogP contribution in [-0.2, 0) is 0 Å². The molecule has 19 heavy (non-hydrogen) atoms. The van der Waals surface area contributed by atoms with Crippen molar-refractivity contribution in [2.75, 3.05) is 14.1 Å². The number of halogens is 1. The van der Waals surface area contributed by atoms with Crippen LogP contribution in [0.2, 0.25) is 0 Å². The number of hydrogen-bond acceptors (Lipinski definition) is 1. The summed E-state index contributed by atoms with van der Waals surface area (Å²) in [5, 5.41) is 0. The minimum Gasteiger partial charge on any atom is -0.306 e. The first-order valence-corrected chi connectivity index (χ1v) is 8.38. The van der Waals surface area contributed by atoms with Crippen LogP contribution in [0.1, 0.15) is 90.9 Å². The van der Waals surface area contributed by atoms with Crippen molar-refractivity contribution in [2.45, 2.75) is 96.9 Å². The first-order chi connectivity index (χ1) is 8.72. The molecule has 0 aliphatic heterocycles. The van der Waals surface area contributed by atoms with Gasteiger partial charge in [-0.05, 0) is 26.9 Å². The molecule has 0 aromatic carbocycles. The Labute approximate surface area is 133 Å². The van der Waals surface area contributed by atoms with Gasteiger partial charge in [-0.1, -0.05) is 78.1 Å². The summed E-state index contributed by atoms with van der Waals surface area (Å²) in [6.45, 7) is 4.58. The lowest BCUT2D eigenvalue weighted by atomic mass is 10.00. The minimum absolute atomic E-state index is 0. The van der Waals surface area contributed by atoms with Crippen LogP contribution in [0.15, 0.2) is 0 Å². The van der Waals surface area contributed by atoms with Crippen LogP contribution in [-0.4, -0.2) is 25.0 Å². The van der Waals surface area contributed by atoms with E-state index in [1.807, 2.05) is 0 Å². The lowest BCUT2D eigenvalue weighted by Gasteiger charge is -2.24. The summed E-state index contributed by atoms with van der Waals surface area (Å²) in [4.78, 5) is 2.44. The lowest BCUT2D eigenvalue weighted by Crippen LogP contribution is -2.27. The molecule has 0 bridgehead atoms. The highest BCUT2D eigenvalue weighted by Gasteiger charge is 2.10. The molecule has 0 aromatic rings. The second-order valence-electron chi connectivity index (χ2n) is 6.02. The SMILES string of the molecule is Br.CCCCCCCC(CCCCCCC)N(C)C. The topological polar surface area (TPSA) is 3.24 Å². The van der Waals surface area contributed by atoms with Crippen molar-refractivity contribution in [3.8, 4) is 0 Å². The maximum absolute atomic E-state index is 2.44. The fourth-order valence-electron chi connectivity index (χ4n) is 2.63. The van der Waals surface area contributed by atoms with Gasteiger partial charge >= 0.3 is 0 Å². The molecule has 118 valence electrons. The molecule has 0 N–H and O–H groups in total. The van der Waals surface area contributed by atoms with Gasteiger partial charge in [0.15, 0.2) is 0 Å². The molecule has 0 amide bonds. The molecule has 0 saturated heterocycles. The summed E-state index contributed by atoms with van der Waals surface area (Å²) in [6.07, 6.45) is 17.0. The van der Waals surface area contributed by atoms with Gasteiger partial charge in [-0.25, -0.2) is 0 Å². The highest BCUT2D eigenvalue weighted by atomic mass is 79.9. The highest BCUT2D eigenvalue weighted by Crippen LogP contribution is 2.16. The van der Waals surface area contributed by atoms with E-state index in [2.05, 4.69) is 32.8 Å². The van der Waals surface area contributed by atoms with Crippen LogP contribution in [0.3, 0.4) is 0 Å². The number of nitrogens with zero attached hydrogens (tertiary/aromatic N) is 1. The van der Waals surface area contributed by atoms with Crippen molar-refractivity contribution >= 4 is 17.0 Å². The van der Waals surface area contributed by atoms with Crippen molar-refractivity contribution in [2.24, 2.45) is 0 Å². The Kier molecular flexibility index (Phi) is 18.9. The zero-order valence-corrected chi connectivity index (χ0v) is 15.6. The van der Waals surface area contributed by atoms with E-state index in [-0.39, 0.29) is 17.0 Å². The second kappa shape index (κ2) is 16.5. The molecule has 0 atom stereocenters. The minimum atomic E-state index is 0. The van der Waals surface area contributed by atoms with Crippen LogP contribution >= 0.6 is 17.0 Å². The van der Waals surface area contributed by atoms with E-state index in [0.29, 0.717) is 0 Å². The Morgan fingerprint density at radius 1 is 0.632 bits per heavy atom. The summed E-state index contributed by atoms with van der Waals surface area (Å²) in [5.74, 6) is 0. The van der Waals surface area contributed by atoms with Crippen molar-refractivity contribution in [3.63, 3.8) is 0 Å². The molecular weight excluding hydrogens is 298 g/mol. The molecule has 0 spiro atoms.